The predicted octanol–water partition coefficient (Wildman–Crippen LogP) is 5.53. The van der Waals surface area contributed by atoms with Crippen molar-refractivity contribution < 1.29 is 4.42 Å². The van der Waals surface area contributed by atoms with Crippen LogP contribution in [0.25, 0.3) is 11.3 Å². The molecule has 0 spiro atoms. The maximum atomic E-state index is 5.99. The van der Waals surface area contributed by atoms with Gasteiger partial charge in [0.1, 0.15) is 11.5 Å². The standard InChI is InChI=1S/C15H17Br2NO/c1-3-13(18-4-2)15-8-7-14(19-15)11-6-5-10(16)9-12(11)17/h5-9,13,18H,3-4H2,1-2H3. The molecule has 0 amide bonds. The Hall–Kier alpha value is -0.580. The predicted molar refractivity (Wildman–Crippen MR) is 86.3 cm³/mol. The number of hydrogen-bond acceptors (Lipinski definition) is 2. The van der Waals surface area contributed by atoms with Crippen molar-refractivity contribution in [3.8, 4) is 11.3 Å². The van der Waals surface area contributed by atoms with Gasteiger partial charge in [-0.2, -0.15) is 0 Å². The Balaban J connectivity index is 2.29. The Morgan fingerprint density at radius 2 is 1.95 bits per heavy atom. The number of benzene rings is 1. The number of hydrogen-bond donors (Lipinski definition) is 1. The number of rotatable bonds is 5. The van der Waals surface area contributed by atoms with Crippen molar-refractivity contribution in [2.75, 3.05) is 6.54 Å². The van der Waals surface area contributed by atoms with E-state index < -0.39 is 0 Å². The summed E-state index contributed by atoms with van der Waals surface area (Å²) in [4.78, 5) is 0. The zero-order valence-electron chi connectivity index (χ0n) is 11.0. The Bertz CT molecular complexity index is 551. The normalized spacial score (nSPS) is 12.6. The highest BCUT2D eigenvalue weighted by Crippen LogP contribution is 2.33. The summed E-state index contributed by atoms with van der Waals surface area (Å²) in [5.74, 6) is 1.89. The minimum atomic E-state index is 0.285. The molecule has 0 saturated heterocycles. The van der Waals surface area contributed by atoms with E-state index in [1.54, 1.807) is 0 Å². The first kappa shape index (κ1) is 14.8. The second kappa shape index (κ2) is 6.73. The molecule has 0 saturated carbocycles. The van der Waals surface area contributed by atoms with Crippen LogP contribution in [0.1, 0.15) is 32.1 Å². The van der Waals surface area contributed by atoms with Crippen LogP contribution < -0.4 is 5.32 Å². The fourth-order valence-electron chi connectivity index (χ4n) is 2.07. The van der Waals surface area contributed by atoms with Gasteiger partial charge in [-0.25, -0.2) is 0 Å². The van der Waals surface area contributed by atoms with Gasteiger partial charge in [0, 0.05) is 14.5 Å². The van der Waals surface area contributed by atoms with Crippen molar-refractivity contribution in [2.24, 2.45) is 0 Å². The lowest BCUT2D eigenvalue weighted by atomic mass is 10.1. The highest BCUT2D eigenvalue weighted by molar-refractivity contribution is 9.11. The third-order valence-corrected chi connectivity index (χ3v) is 4.17. The lowest BCUT2D eigenvalue weighted by molar-refractivity contribution is 0.417. The van der Waals surface area contributed by atoms with E-state index in [1.807, 2.05) is 24.3 Å². The highest BCUT2D eigenvalue weighted by atomic mass is 79.9. The van der Waals surface area contributed by atoms with E-state index in [1.165, 1.54) is 0 Å². The number of furan rings is 1. The van der Waals surface area contributed by atoms with Gasteiger partial charge in [0.25, 0.3) is 0 Å². The number of nitrogens with one attached hydrogen (secondary N) is 1. The molecule has 1 N–H and O–H groups in total. The monoisotopic (exact) mass is 385 g/mol. The molecule has 2 nitrogen and oxygen atoms in total. The molecule has 1 aromatic carbocycles. The first-order valence-electron chi connectivity index (χ1n) is 6.44. The molecule has 1 unspecified atom stereocenters. The van der Waals surface area contributed by atoms with Crippen LogP contribution in [0.15, 0.2) is 43.7 Å². The molecular formula is C15H17Br2NO. The molecule has 0 fully saturated rings. The maximum absolute atomic E-state index is 5.99. The fourth-order valence-corrected chi connectivity index (χ4v) is 3.31. The molecule has 0 aliphatic rings. The summed E-state index contributed by atoms with van der Waals surface area (Å²) >= 11 is 7.03. The average molecular weight is 387 g/mol. The molecule has 1 aromatic heterocycles. The van der Waals surface area contributed by atoms with Crippen LogP contribution in [-0.2, 0) is 0 Å². The first-order valence-corrected chi connectivity index (χ1v) is 8.02. The third kappa shape index (κ3) is 3.50. The molecule has 0 aliphatic heterocycles. The molecule has 0 aliphatic carbocycles. The lowest BCUT2D eigenvalue weighted by Gasteiger charge is -2.12. The lowest BCUT2D eigenvalue weighted by Crippen LogP contribution is -2.19. The minimum Gasteiger partial charge on any atom is -0.459 e. The van der Waals surface area contributed by atoms with Gasteiger partial charge in [0.15, 0.2) is 0 Å². The van der Waals surface area contributed by atoms with E-state index in [0.29, 0.717) is 0 Å². The van der Waals surface area contributed by atoms with Gasteiger partial charge >= 0.3 is 0 Å². The Kier molecular flexibility index (Phi) is 5.25. The van der Waals surface area contributed by atoms with Crippen LogP contribution >= 0.6 is 31.9 Å². The molecule has 0 radical (unpaired) electrons. The molecule has 102 valence electrons. The number of halogens is 2. The SMILES string of the molecule is CCNC(CC)c1ccc(-c2ccc(Br)cc2Br)o1. The third-order valence-electron chi connectivity index (χ3n) is 3.03. The van der Waals surface area contributed by atoms with E-state index in [0.717, 1.165) is 39.0 Å². The van der Waals surface area contributed by atoms with Gasteiger partial charge in [-0.05, 0) is 59.2 Å². The average Bonchev–Trinajstić information content (AvgIpc) is 2.85. The van der Waals surface area contributed by atoms with Crippen LogP contribution in [0.2, 0.25) is 0 Å². The maximum Gasteiger partial charge on any atom is 0.135 e. The van der Waals surface area contributed by atoms with E-state index in [-0.39, 0.29) is 6.04 Å². The summed E-state index contributed by atoms with van der Waals surface area (Å²) in [5, 5.41) is 3.42. The van der Waals surface area contributed by atoms with Gasteiger partial charge in [0.05, 0.1) is 6.04 Å². The van der Waals surface area contributed by atoms with Crippen molar-refractivity contribution in [3.05, 3.63) is 45.0 Å². The van der Waals surface area contributed by atoms with Crippen molar-refractivity contribution in [1.29, 1.82) is 0 Å². The van der Waals surface area contributed by atoms with Crippen LogP contribution in [0, 0.1) is 0 Å². The van der Waals surface area contributed by atoms with Gasteiger partial charge in [-0.1, -0.05) is 29.8 Å². The zero-order valence-corrected chi connectivity index (χ0v) is 14.2. The van der Waals surface area contributed by atoms with Gasteiger partial charge in [-0.3, -0.25) is 0 Å². The second-order valence-corrected chi connectivity index (χ2v) is 6.11. The summed E-state index contributed by atoms with van der Waals surface area (Å²) in [6.07, 6.45) is 1.02. The Morgan fingerprint density at radius 1 is 1.16 bits per heavy atom. The van der Waals surface area contributed by atoms with Crippen LogP contribution in [0.5, 0.6) is 0 Å². The van der Waals surface area contributed by atoms with Gasteiger partial charge in [-0.15, -0.1) is 0 Å². The van der Waals surface area contributed by atoms with E-state index in [2.05, 4.69) is 57.1 Å². The van der Waals surface area contributed by atoms with E-state index in [4.69, 9.17) is 4.42 Å². The van der Waals surface area contributed by atoms with Crippen LogP contribution in [-0.4, -0.2) is 6.54 Å². The quantitative estimate of drug-likeness (QED) is 0.730. The molecule has 0 bridgehead atoms. The summed E-state index contributed by atoms with van der Waals surface area (Å²) < 4.78 is 8.07. The van der Waals surface area contributed by atoms with E-state index >= 15 is 0 Å². The van der Waals surface area contributed by atoms with E-state index in [9.17, 15) is 0 Å². The first-order chi connectivity index (χ1) is 9.15. The largest absolute Gasteiger partial charge is 0.459 e. The highest BCUT2D eigenvalue weighted by Gasteiger charge is 2.14. The molecule has 19 heavy (non-hydrogen) atoms. The van der Waals surface area contributed by atoms with Gasteiger partial charge in [0.2, 0.25) is 0 Å². The topological polar surface area (TPSA) is 25.2 Å². The second-order valence-electron chi connectivity index (χ2n) is 4.34. The smallest absolute Gasteiger partial charge is 0.135 e. The Morgan fingerprint density at radius 3 is 2.58 bits per heavy atom. The summed E-state index contributed by atoms with van der Waals surface area (Å²) in [7, 11) is 0. The van der Waals surface area contributed by atoms with Crippen molar-refractivity contribution in [1.82, 2.24) is 5.32 Å². The summed E-state index contributed by atoms with van der Waals surface area (Å²) in [6, 6.07) is 10.5. The summed E-state index contributed by atoms with van der Waals surface area (Å²) in [6.45, 7) is 5.21. The Labute approximate surface area is 130 Å². The van der Waals surface area contributed by atoms with Gasteiger partial charge < -0.3 is 9.73 Å². The molecule has 1 heterocycles. The molecular weight excluding hydrogens is 370 g/mol. The minimum absolute atomic E-state index is 0.285. The molecule has 2 rings (SSSR count). The van der Waals surface area contributed by atoms with Crippen molar-refractivity contribution >= 4 is 31.9 Å². The van der Waals surface area contributed by atoms with Crippen molar-refractivity contribution in [3.63, 3.8) is 0 Å². The van der Waals surface area contributed by atoms with Crippen molar-refractivity contribution in [2.45, 2.75) is 26.3 Å². The van der Waals surface area contributed by atoms with Crippen LogP contribution in [0.4, 0.5) is 0 Å². The zero-order chi connectivity index (χ0) is 13.8. The molecule has 2 aromatic rings. The summed E-state index contributed by atoms with van der Waals surface area (Å²) in [5.41, 5.74) is 1.07. The molecule has 1 atom stereocenters. The fraction of sp³-hybridized carbons (Fsp3) is 0.333. The molecule has 4 heteroatoms. The van der Waals surface area contributed by atoms with Crippen LogP contribution in [0.3, 0.4) is 0 Å².